The third-order valence-electron chi connectivity index (χ3n) is 4.49. The number of carbonyl (C=O) groups is 1. The van der Waals surface area contributed by atoms with Crippen LogP contribution in [0.25, 0.3) is 5.52 Å². The molecular formula is C16H21N3O2. The number of hydrogen-bond acceptors (Lipinski definition) is 3. The zero-order valence-electron chi connectivity index (χ0n) is 12.5. The fourth-order valence-corrected chi connectivity index (χ4v) is 3.27. The van der Waals surface area contributed by atoms with Crippen molar-refractivity contribution in [3.8, 4) is 0 Å². The minimum Gasteiger partial charge on any atom is -0.476 e. The Hall–Kier alpha value is -1.88. The first kappa shape index (κ1) is 14.1. The molecule has 0 atom stereocenters. The molecule has 0 unspecified atom stereocenters. The van der Waals surface area contributed by atoms with E-state index in [-0.39, 0.29) is 5.69 Å². The fraction of sp³-hybridized carbons (Fsp3) is 0.500. The highest BCUT2D eigenvalue weighted by Crippen LogP contribution is 2.29. The maximum absolute atomic E-state index is 11.4. The summed E-state index contributed by atoms with van der Waals surface area (Å²) < 4.78 is 2.02. The molecule has 21 heavy (non-hydrogen) atoms. The Morgan fingerprint density at radius 3 is 2.71 bits per heavy atom. The second kappa shape index (κ2) is 5.48. The number of nitrogens with zero attached hydrogens (tertiary/aromatic N) is 3. The van der Waals surface area contributed by atoms with Crippen molar-refractivity contribution in [2.45, 2.75) is 32.6 Å². The molecule has 0 aliphatic carbocycles. The molecule has 1 aliphatic heterocycles. The second-order valence-corrected chi connectivity index (χ2v) is 5.72. The standard InChI is InChI=1S/C16H21N3O2/c1-3-18-9-7-12(8-10-18)15-17-14(16(20)21)13-6-4-5-11(2)19(13)15/h4-6,12H,3,7-10H2,1-2H3,(H,20,21). The number of likely N-dealkylation sites (tertiary alicyclic amines) is 1. The van der Waals surface area contributed by atoms with E-state index in [0.717, 1.165) is 44.0 Å². The lowest BCUT2D eigenvalue weighted by atomic mass is 9.96. The number of pyridine rings is 1. The average molecular weight is 287 g/mol. The van der Waals surface area contributed by atoms with E-state index < -0.39 is 5.97 Å². The van der Waals surface area contributed by atoms with Gasteiger partial charge in [-0.25, -0.2) is 9.78 Å². The summed E-state index contributed by atoms with van der Waals surface area (Å²) in [5, 5.41) is 9.38. The molecule has 0 aromatic carbocycles. The molecule has 0 amide bonds. The number of hydrogen-bond donors (Lipinski definition) is 1. The van der Waals surface area contributed by atoms with Gasteiger partial charge in [0.05, 0.1) is 5.52 Å². The van der Waals surface area contributed by atoms with Crippen LogP contribution in [0.2, 0.25) is 0 Å². The van der Waals surface area contributed by atoms with Crippen molar-refractivity contribution in [3.63, 3.8) is 0 Å². The summed E-state index contributed by atoms with van der Waals surface area (Å²) in [6, 6.07) is 5.74. The van der Waals surface area contributed by atoms with Crippen molar-refractivity contribution in [2.75, 3.05) is 19.6 Å². The average Bonchev–Trinajstić information content (AvgIpc) is 2.88. The van der Waals surface area contributed by atoms with Gasteiger partial charge >= 0.3 is 5.97 Å². The molecule has 3 rings (SSSR count). The number of carboxylic acid groups (broad SMARTS) is 1. The van der Waals surface area contributed by atoms with Crippen LogP contribution in [-0.2, 0) is 0 Å². The van der Waals surface area contributed by atoms with Gasteiger partial charge in [-0.2, -0.15) is 0 Å². The van der Waals surface area contributed by atoms with Crippen LogP contribution >= 0.6 is 0 Å². The summed E-state index contributed by atoms with van der Waals surface area (Å²) in [4.78, 5) is 18.3. The summed E-state index contributed by atoms with van der Waals surface area (Å²) in [7, 11) is 0. The van der Waals surface area contributed by atoms with E-state index in [1.165, 1.54) is 0 Å². The van der Waals surface area contributed by atoms with Gasteiger partial charge in [0, 0.05) is 11.6 Å². The smallest absolute Gasteiger partial charge is 0.356 e. The summed E-state index contributed by atoms with van der Waals surface area (Å²) >= 11 is 0. The highest BCUT2D eigenvalue weighted by molar-refractivity contribution is 5.93. The van der Waals surface area contributed by atoms with Gasteiger partial charge < -0.3 is 10.0 Å². The number of rotatable bonds is 3. The van der Waals surface area contributed by atoms with E-state index >= 15 is 0 Å². The number of imidazole rings is 1. The molecule has 1 aliphatic rings. The summed E-state index contributed by atoms with van der Waals surface area (Å²) in [5.41, 5.74) is 1.92. The number of fused-ring (bicyclic) bond motifs is 1. The third-order valence-corrected chi connectivity index (χ3v) is 4.49. The van der Waals surface area contributed by atoms with Gasteiger partial charge in [-0.05, 0) is 51.5 Å². The number of carboxylic acids is 1. The van der Waals surface area contributed by atoms with Gasteiger partial charge in [-0.3, -0.25) is 4.40 Å². The van der Waals surface area contributed by atoms with E-state index in [9.17, 15) is 9.90 Å². The van der Waals surface area contributed by atoms with Crippen molar-refractivity contribution in [2.24, 2.45) is 0 Å². The first-order chi connectivity index (χ1) is 10.1. The Morgan fingerprint density at radius 1 is 1.38 bits per heavy atom. The predicted molar refractivity (Wildman–Crippen MR) is 81.0 cm³/mol. The molecule has 1 N–H and O–H groups in total. The first-order valence-electron chi connectivity index (χ1n) is 7.55. The van der Waals surface area contributed by atoms with Crippen LogP contribution < -0.4 is 0 Å². The van der Waals surface area contributed by atoms with Crippen LogP contribution in [0.3, 0.4) is 0 Å². The van der Waals surface area contributed by atoms with Crippen molar-refractivity contribution in [3.05, 3.63) is 35.4 Å². The van der Waals surface area contributed by atoms with Gasteiger partial charge in [0.1, 0.15) is 5.82 Å². The number of aryl methyl sites for hydroxylation is 1. The van der Waals surface area contributed by atoms with E-state index in [4.69, 9.17) is 0 Å². The Bertz CT molecular complexity index is 669. The molecule has 3 heterocycles. The Morgan fingerprint density at radius 2 is 2.10 bits per heavy atom. The molecule has 112 valence electrons. The van der Waals surface area contributed by atoms with E-state index in [1.54, 1.807) is 0 Å². The van der Waals surface area contributed by atoms with Gasteiger partial charge in [-0.15, -0.1) is 0 Å². The SMILES string of the molecule is CCN1CCC(c2nc(C(=O)O)c3cccc(C)n23)CC1. The zero-order chi connectivity index (χ0) is 15.0. The van der Waals surface area contributed by atoms with E-state index in [2.05, 4.69) is 16.8 Å². The van der Waals surface area contributed by atoms with Crippen LogP contribution in [0, 0.1) is 6.92 Å². The summed E-state index contributed by atoms with van der Waals surface area (Å²) in [5.74, 6) is 0.307. The van der Waals surface area contributed by atoms with Crippen LogP contribution in [-0.4, -0.2) is 45.0 Å². The van der Waals surface area contributed by atoms with Gasteiger partial charge in [0.15, 0.2) is 5.69 Å². The van der Waals surface area contributed by atoms with Crippen molar-refractivity contribution in [1.82, 2.24) is 14.3 Å². The van der Waals surface area contributed by atoms with Crippen LogP contribution in [0.4, 0.5) is 0 Å². The van der Waals surface area contributed by atoms with Gasteiger partial charge in [0.25, 0.3) is 0 Å². The third kappa shape index (κ3) is 2.42. The lowest BCUT2D eigenvalue weighted by molar-refractivity contribution is 0.0693. The molecule has 0 radical (unpaired) electrons. The minimum absolute atomic E-state index is 0.173. The second-order valence-electron chi connectivity index (χ2n) is 5.72. The van der Waals surface area contributed by atoms with Crippen molar-refractivity contribution in [1.29, 1.82) is 0 Å². The molecule has 0 spiro atoms. The molecule has 1 saturated heterocycles. The van der Waals surface area contributed by atoms with Crippen LogP contribution in [0.15, 0.2) is 18.2 Å². The highest BCUT2D eigenvalue weighted by Gasteiger charge is 2.26. The highest BCUT2D eigenvalue weighted by atomic mass is 16.4. The zero-order valence-corrected chi connectivity index (χ0v) is 12.5. The first-order valence-corrected chi connectivity index (χ1v) is 7.55. The van der Waals surface area contributed by atoms with Crippen LogP contribution in [0.1, 0.15) is 47.7 Å². The largest absolute Gasteiger partial charge is 0.476 e. The Labute approximate surface area is 124 Å². The molecule has 2 aromatic heterocycles. The molecule has 5 nitrogen and oxygen atoms in total. The maximum Gasteiger partial charge on any atom is 0.356 e. The molecule has 1 fully saturated rings. The normalized spacial score (nSPS) is 17.4. The predicted octanol–water partition coefficient (Wildman–Crippen LogP) is 2.54. The quantitative estimate of drug-likeness (QED) is 0.942. The maximum atomic E-state index is 11.4. The fourth-order valence-electron chi connectivity index (χ4n) is 3.27. The Balaban J connectivity index is 2.04. The number of piperidine rings is 1. The molecular weight excluding hydrogens is 266 g/mol. The number of aromatic carboxylic acids is 1. The van der Waals surface area contributed by atoms with Gasteiger partial charge in [0.2, 0.25) is 0 Å². The molecule has 0 saturated carbocycles. The molecule has 5 heteroatoms. The minimum atomic E-state index is -0.949. The molecule has 2 aromatic rings. The van der Waals surface area contributed by atoms with Crippen LogP contribution in [0.5, 0.6) is 0 Å². The summed E-state index contributed by atoms with van der Waals surface area (Å²) in [6.07, 6.45) is 2.08. The van der Waals surface area contributed by atoms with Crippen molar-refractivity contribution >= 4 is 11.5 Å². The molecule has 0 bridgehead atoms. The topological polar surface area (TPSA) is 57.8 Å². The lowest BCUT2D eigenvalue weighted by Crippen LogP contribution is -2.33. The van der Waals surface area contributed by atoms with E-state index in [0.29, 0.717) is 11.4 Å². The van der Waals surface area contributed by atoms with Gasteiger partial charge in [-0.1, -0.05) is 13.0 Å². The number of aromatic nitrogens is 2. The monoisotopic (exact) mass is 287 g/mol. The summed E-state index contributed by atoms with van der Waals surface area (Å²) in [6.45, 7) is 7.38. The lowest BCUT2D eigenvalue weighted by Gasteiger charge is -2.30. The van der Waals surface area contributed by atoms with E-state index in [1.807, 2.05) is 29.5 Å². The Kier molecular flexibility index (Phi) is 3.68. The van der Waals surface area contributed by atoms with Crippen molar-refractivity contribution < 1.29 is 9.90 Å².